The molecule has 0 saturated heterocycles. The lowest BCUT2D eigenvalue weighted by Gasteiger charge is -2.21. The minimum Gasteiger partial charge on any atom is -0.399 e. The summed E-state index contributed by atoms with van der Waals surface area (Å²) in [5.41, 5.74) is 7.57. The molecule has 0 spiro atoms. The Morgan fingerprint density at radius 3 is 2.32 bits per heavy atom. The third kappa shape index (κ3) is 4.93. The summed E-state index contributed by atoms with van der Waals surface area (Å²) in [5, 5.41) is 3.08. The van der Waals surface area contributed by atoms with Gasteiger partial charge in [-0.3, -0.25) is 4.79 Å². The van der Waals surface area contributed by atoms with E-state index in [9.17, 15) is 4.79 Å². The van der Waals surface area contributed by atoms with Gasteiger partial charge < -0.3 is 11.1 Å². The first kappa shape index (κ1) is 15.5. The van der Waals surface area contributed by atoms with Crippen molar-refractivity contribution >= 4 is 11.6 Å². The van der Waals surface area contributed by atoms with E-state index in [4.69, 9.17) is 5.73 Å². The van der Waals surface area contributed by atoms with Gasteiger partial charge in [-0.25, -0.2) is 0 Å². The number of amides is 1. The molecule has 0 aliphatic carbocycles. The van der Waals surface area contributed by atoms with Crippen LogP contribution in [0, 0.1) is 5.92 Å². The first-order chi connectivity index (χ1) is 8.93. The fourth-order valence-corrected chi connectivity index (χ4v) is 2.03. The fraction of sp³-hybridized carbons (Fsp3) is 0.562. The first-order valence-electron chi connectivity index (χ1n) is 7.08. The number of benzene rings is 1. The molecule has 1 aromatic carbocycles. The molecule has 3 nitrogen and oxygen atoms in total. The van der Waals surface area contributed by atoms with Crippen molar-refractivity contribution in [2.45, 2.75) is 52.5 Å². The zero-order valence-corrected chi connectivity index (χ0v) is 12.4. The SMILES string of the molecule is CCC(C)C(C)NC(=O)CC(C)c1ccc(N)cc1. The van der Waals surface area contributed by atoms with Crippen LogP contribution in [0.2, 0.25) is 0 Å². The molecule has 0 aliphatic heterocycles. The molecule has 0 aliphatic rings. The van der Waals surface area contributed by atoms with Crippen molar-refractivity contribution in [3.8, 4) is 0 Å². The van der Waals surface area contributed by atoms with Crippen molar-refractivity contribution in [3.63, 3.8) is 0 Å². The maximum atomic E-state index is 12.0. The highest BCUT2D eigenvalue weighted by Gasteiger charge is 2.16. The minimum atomic E-state index is 0.122. The van der Waals surface area contributed by atoms with Gasteiger partial charge in [-0.05, 0) is 36.5 Å². The molecule has 0 bridgehead atoms. The van der Waals surface area contributed by atoms with Crippen LogP contribution in [0.5, 0.6) is 0 Å². The number of nitrogens with one attached hydrogen (secondary N) is 1. The van der Waals surface area contributed by atoms with Crippen LogP contribution in [-0.2, 0) is 4.79 Å². The molecule has 106 valence electrons. The van der Waals surface area contributed by atoms with Gasteiger partial charge in [0.1, 0.15) is 0 Å². The van der Waals surface area contributed by atoms with Crippen LogP contribution < -0.4 is 11.1 Å². The molecule has 0 fully saturated rings. The summed E-state index contributed by atoms with van der Waals surface area (Å²) < 4.78 is 0. The highest BCUT2D eigenvalue weighted by molar-refractivity contribution is 5.77. The predicted octanol–water partition coefficient (Wildman–Crippen LogP) is 3.31. The van der Waals surface area contributed by atoms with E-state index in [1.165, 1.54) is 0 Å². The quantitative estimate of drug-likeness (QED) is 0.773. The molecule has 3 heteroatoms. The summed E-state index contributed by atoms with van der Waals surface area (Å²) >= 11 is 0. The molecule has 1 aromatic rings. The third-order valence-electron chi connectivity index (χ3n) is 3.88. The fourth-order valence-electron chi connectivity index (χ4n) is 2.03. The first-order valence-corrected chi connectivity index (χ1v) is 7.08. The average Bonchev–Trinajstić information content (AvgIpc) is 2.38. The van der Waals surface area contributed by atoms with E-state index in [-0.39, 0.29) is 17.9 Å². The largest absolute Gasteiger partial charge is 0.399 e. The van der Waals surface area contributed by atoms with Gasteiger partial charge in [0.2, 0.25) is 5.91 Å². The van der Waals surface area contributed by atoms with Gasteiger partial charge >= 0.3 is 0 Å². The van der Waals surface area contributed by atoms with Crippen LogP contribution >= 0.6 is 0 Å². The Morgan fingerprint density at radius 2 is 1.79 bits per heavy atom. The maximum absolute atomic E-state index is 12.0. The monoisotopic (exact) mass is 262 g/mol. The molecule has 19 heavy (non-hydrogen) atoms. The number of hydrogen-bond donors (Lipinski definition) is 2. The van der Waals surface area contributed by atoms with Gasteiger partial charge in [-0.1, -0.05) is 39.3 Å². The molecule has 0 saturated carbocycles. The topological polar surface area (TPSA) is 55.1 Å². The van der Waals surface area contributed by atoms with Crippen LogP contribution in [0.25, 0.3) is 0 Å². The normalized spacial score (nSPS) is 15.6. The van der Waals surface area contributed by atoms with Crippen LogP contribution in [0.1, 0.15) is 52.0 Å². The van der Waals surface area contributed by atoms with E-state index >= 15 is 0 Å². The molecule has 0 aromatic heterocycles. The zero-order valence-electron chi connectivity index (χ0n) is 12.4. The van der Waals surface area contributed by atoms with Crippen molar-refractivity contribution in [2.24, 2.45) is 5.92 Å². The lowest BCUT2D eigenvalue weighted by atomic mass is 9.96. The van der Waals surface area contributed by atoms with Gasteiger partial charge in [-0.2, -0.15) is 0 Å². The van der Waals surface area contributed by atoms with Crippen LogP contribution in [0.4, 0.5) is 5.69 Å². The Bertz CT molecular complexity index is 400. The van der Waals surface area contributed by atoms with Crippen molar-refractivity contribution in [3.05, 3.63) is 29.8 Å². The number of rotatable bonds is 6. The summed E-state index contributed by atoms with van der Waals surface area (Å²) in [6, 6.07) is 7.98. The molecule has 0 heterocycles. The number of nitrogens with two attached hydrogens (primary N) is 1. The molecule has 1 rings (SSSR count). The lowest BCUT2D eigenvalue weighted by molar-refractivity contribution is -0.122. The predicted molar refractivity (Wildman–Crippen MR) is 80.9 cm³/mol. The Balaban J connectivity index is 2.50. The van der Waals surface area contributed by atoms with Crippen LogP contribution in [0.15, 0.2) is 24.3 Å². The second-order valence-electron chi connectivity index (χ2n) is 5.51. The van der Waals surface area contributed by atoms with E-state index < -0.39 is 0 Å². The molecule has 3 unspecified atom stereocenters. The number of carbonyl (C=O) groups excluding carboxylic acids is 1. The third-order valence-corrected chi connectivity index (χ3v) is 3.88. The van der Waals surface area contributed by atoms with E-state index in [2.05, 4.69) is 33.0 Å². The van der Waals surface area contributed by atoms with Crippen molar-refractivity contribution < 1.29 is 4.79 Å². The lowest BCUT2D eigenvalue weighted by Crippen LogP contribution is -2.37. The average molecular weight is 262 g/mol. The van der Waals surface area contributed by atoms with E-state index in [0.717, 1.165) is 17.7 Å². The van der Waals surface area contributed by atoms with Gasteiger partial charge in [0.15, 0.2) is 0 Å². The van der Waals surface area contributed by atoms with E-state index in [1.54, 1.807) is 0 Å². The van der Waals surface area contributed by atoms with Crippen molar-refractivity contribution in [2.75, 3.05) is 5.73 Å². The number of carbonyl (C=O) groups is 1. The number of anilines is 1. The molecular formula is C16H26N2O. The highest BCUT2D eigenvalue weighted by Crippen LogP contribution is 2.20. The van der Waals surface area contributed by atoms with Gasteiger partial charge in [0.25, 0.3) is 0 Å². The van der Waals surface area contributed by atoms with Crippen LogP contribution in [0.3, 0.4) is 0 Å². The standard InChI is InChI=1S/C16H26N2O/c1-5-11(2)13(4)18-16(19)10-12(3)14-6-8-15(17)9-7-14/h6-9,11-13H,5,10,17H2,1-4H3,(H,18,19). The Morgan fingerprint density at radius 1 is 1.21 bits per heavy atom. The molecule has 0 radical (unpaired) electrons. The van der Waals surface area contributed by atoms with Crippen molar-refractivity contribution in [1.29, 1.82) is 0 Å². The Labute approximate surface area is 116 Å². The second kappa shape index (κ2) is 7.17. The zero-order chi connectivity index (χ0) is 14.4. The summed E-state index contributed by atoms with van der Waals surface area (Å²) in [7, 11) is 0. The molecule has 3 N–H and O–H groups in total. The molecule has 1 amide bonds. The van der Waals surface area contributed by atoms with Crippen molar-refractivity contribution in [1.82, 2.24) is 5.32 Å². The van der Waals surface area contributed by atoms with Gasteiger partial charge in [-0.15, -0.1) is 0 Å². The Hall–Kier alpha value is -1.51. The minimum absolute atomic E-state index is 0.122. The second-order valence-corrected chi connectivity index (χ2v) is 5.51. The summed E-state index contributed by atoms with van der Waals surface area (Å²) in [6.45, 7) is 8.44. The molecule has 3 atom stereocenters. The maximum Gasteiger partial charge on any atom is 0.220 e. The summed E-state index contributed by atoms with van der Waals surface area (Å²) in [4.78, 5) is 12.0. The van der Waals surface area contributed by atoms with Gasteiger partial charge in [0.05, 0.1) is 0 Å². The summed E-state index contributed by atoms with van der Waals surface area (Å²) in [6.07, 6.45) is 1.60. The smallest absolute Gasteiger partial charge is 0.220 e. The summed E-state index contributed by atoms with van der Waals surface area (Å²) in [5.74, 6) is 0.845. The molecular weight excluding hydrogens is 236 g/mol. The Kier molecular flexibility index (Phi) is 5.87. The number of nitrogen functional groups attached to an aromatic ring is 1. The number of hydrogen-bond acceptors (Lipinski definition) is 2. The van der Waals surface area contributed by atoms with Gasteiger partial charge in [0, 0.05) is 18.2 Å². The van der Waals surface area contributed by atoms with Crippen LogP contribution in [-0.4, -0.2) is 11.9 Å². The van der Waals surface area contributed by atoms with E-state index in [1.807, 2.05) is 24.3 Å². The van der Waals surface area contributed by atoms with E-state index in [0.29, 0.717) is 12.3 Å². The highest BCUT2D eigenvalue weighted by atomic mass is 16.1.